The van der Waals surface area contributed by atoms with Gasteiger partial charge in [0.05, 0.1) is 26.0 Å². The van der Waals surface area contributed by atoms with Gasteiger partial charge in [-0.05, 0) is 31.9 Å². The van der Waals surface area contributed by atoms with Crippen LogP contribution in [0.4, 0.5) is 0 Å². The van der Waals surface area contributed by atoms with Crippen molar-refractivity contribution in [1.82, 2.24) is 15.0 Å². The normalized spacial score (nSPS) is 11.8. The summed E-state index contributed by atoms with van der Waals surface area (Å²) < 4.78 is 10.5. The second-order valence-corrected chi connectivity index (χ2v) is 6.89. The summed E-state index contributed by atoms with van der Waals surface area (Å²) in [6, 6.07) is 17.0. The Bertz CT molecular complexity index is 1080. The molecule has 0 bridgehead atoms. The molecule has 1 aromatic carbocycles. The highest BCUT2D eigenvalue weighted by molar-refractivity contribution is 6.10. The van der Waals surface area contributed by atoms with E-state index in [2.05, 4.69) is 25.3 Å². The second kappa shape index (κ2) is 12.1. The Balaban J connectivity index is 1.71. The van der Waals surface area contributed by atoms with Crippen molar-refractivity contribution < 1.29 is 19.1 Å². The lowest BCUT2D eigenvalue weighted by atomic mass is 10.1. The first-order valence-electron chi connectivity index (χ1n) is 10.4. The van der Waals surface area contributed by atoms with Crippen molar-refractivity contribution in [3.8, 4) is 11.8 Å². The van der Waals surface area contributed by atoms with E-state index in [0.717, 1.165) is 35.5 Å². The van der Waals surface area contributed by atoms with E-state index in [-0.39, 0.29) is 0 Å². The maximum absolute atomic E-state index is 5.64. The van der Waals surface area contributed by atoms with Gasteiger partial charge in [0.25, 0.3) is 0 Å². The summed E-state index contributed by atoms with van der Waals surface area (Å²) in [4.78, 5) is 23.9. The van der Waals surface area contributed by atoms with Crippen molar-refractivity contribution in [2.45, 2.75) is 19.8 Å². The third-order valence-corrected chi connectivity index (χ3v) is 4.59. The lowest BCUT2D eigenvalue weighted by Gasteiger charge is -2.09. The van der Waals surface area contributed by atoms with Crippen LogP contribution in [0.1, 0.15) is 36.1 Å². The minimum Gasteiger partial charge on any atom is -0.481 e. The molecule has 2 heterocycles. The van der Waals surface area contributed by atoms with E-state index >= 15 is 0 Å². The molecule has 0 atom stereocenters. The van der Waals surface area contributed by atoms with E-state index < -0.39 is 0 Å². The summed E-state index contributed by atoms with van der Waals surface area (Å²) in [7, 11) is 4.58. The highest BCUT2D eigenvalue weighted by Gasteiger charge is 2.15. The summed E-state index contributed by atoms with van der Waals surface area (Å²) in [6.45, 7) is 2.25. The van der Waals surface area contributed by atoms with Gasteiger partial charge in [-0.3, -0.25) is 4.98 Å². The van der Waals surface area contributed by atoms with E-state index in [9.17, 15) is 0 Å². The van der Waals surface area contributed by atoms with Gasteiger partial charge >= 0.3 is 0 Å². The van der Waals surface area contributed by atoms with Crippen LogP contribution in [0.3, 0.4) is 0 Å². The minimum absolute atomic E-state index is 0.347. The van der Waals surface area contributed by atoms with Crippen LogP contribution in [0.2, 0.25) is 0 Å². The Morgan fingerprint density at radius 3 is 2.24 bits per heavy atom. The van der Waals surface area contributed by atoms with Gasteiger partial charge in [0.1, 0.15) is 19.4 Å². The molecular formula is C24H27N5O4. The lowest BCUT2D eigenvalue weighted by molar-refractivity contribution is 0.142. The van der Waals surface area contributed by atoms with Gasteiger partial charge in [-0.2, -0.15) is 9.97 Å². The van der Waals surface area contributed by atoms with Crippen molar-refractivity contribution in [2.24, 2.45) is 10.3 Å². The molecule has 0 N–H and O–H groups in total. The highest BCUT2D eigenvalue weighted by atomic mass is 16.6. The second-order valence-electron chi connectivity index (χ2n) is 6.89. The SMILES string of the molecule is CO/N=C(\C)c1cccc(CCCO/N=C(\c2ccccc2)c2nc(OC)cc(OC)n2)n1. The average Bonchev–Trinajstić information content (AvgIpc) is 2.86. The smallest absolute Gasteiger partial charge is 0.220 e. The fraction of sp³-hybridized carbons (Fsp3) is 0.292. The van der Waals surface area contributed by atoms with Gasteiger partial charge in [0.2, 0.25) is 11.8 Å². The number of hydrogen-bond donors (Lipinski definition) is 0. The highest BCUT2D eigenvalue weighted by Crippen LogP contribution is 2.18. The number of rotatable bonds is 11. The fourth-order valence-corrected chi connectivity index (χ4v) is 2.97. The number of nitrogens with zero attached hydrogens (tertiary/aromatic N) is 5. The van der Waals surface area contributed by atoms with Gasteiger partial charge in [0, 0.05) is 11.3 Å². The van der Waals surface area contributed by atoms with E-state index in [1.165, 1.54) is 21.3 Å². The first-order chi connectivity index (χ1) is 16.1. The summed E-state index contributed by atoms with van der Waals surface area (Å²) in [6.07, 6.45) is 1.46. The van der Waals surface area contributed by atoms with Gasteiger partial charge < -0.3 is 19.1 Å². The van der Waals surface area contributed by atoms with Gasteiger partial charge in [0.15, 0.2) is 11.5 Å². The fourth-order valence-electron chi connectivity index (χ4n) is 2.97. The number of hydrogen-bond acceptors (Lipinski definition) is 9. The van der Waals surface area contributed by atoms with E-state index in [1.54, 1.807) is 6.07 Å². The molecule has 0 unspecified atom stereocenters. The zero-order chi connectivity index (χ0) is 23.5. The minimum atomic E-state index is 0.347. The Hall–Kier alpha value is -4.01. The van der Waals surface area contributed by atoms with Crippen molar-refractivity contribution >= 4 is 11.4 Å². The largest absolute Gasteiger partial charge is 0.481 e. The molecule has 172 valence electrons. The zero-order valence-corrected chi connectivity index (χ0v) is 19.2. The predicted molar refractivity (Wildman–Crippen MR) is 125 cm³/mol. The summed E-state index contributed by atoms with van der Waals surface area (Å²) in [5.41, 5.74) is 3.74. The van der Waals surface area contributed by atoms with Crippen LogP contribution in [0.25, 0.3) is 0 Å². The van der Waals surface area contributed by atoms with Crippen molar-refractivity contribution in [3.63, 3.8) is 0 Å². The monoisotopic (exact) mass is 449 g/mol. The number of benzene rings is 1. The van der Waals surface area contributed by atoms with Crippen LogP contribution < -0.4 is 9.47 Å². The van der Waals surface area contributed by atoms with Crippen molar-refractivity contribution in [1.29, 1.82) is 0 Å². The molecule has 3 rings (SSSR count). The van der Waals surface area contributed by atoms with Crippen LogP contribution in [-0.4, -0.2) is 54.3 Å². The number of aryl methyl sites for hydroxylation is 1. The zero-order valence-electron chi connectivity index (χ0n) is 19.2. The van der Waals surface area contributed by atoms with Crippen LogP contribution in [0.15, 0.2) is 64.9 Å². The topological polar surface area (TPSA) is 100 Å². The number of aromatic nitrogens is 3. The van der Waals surface area contributed by atoms with Crippen LogP contribution >= 0.6 is 0 Å². The number of ether oxygens (including phenoxy) is 2. The molecule has 9 heteroatoms. The lowest BCUT2D eigenvalue weighted by Crippen LogP contribution is -2.11. The molecule has 0 aliphatic rings. The molecular weight excluding hydrogens is 422 g/mol. The Morgan fingerprint density at radius 1 is 0.848 bits per heavy atom. The third kappa shape index (κ3) is 6.73. The maximum Gasteiger partial charge on any atom is 0.220 e. The molecule has 0 spiro atoms. The maximum atomic E-state index is 5.64. The average molecular weight is 450 g/mol. The molecule has 0 radical (unpaired) electrons. The summed E-state index contributed by atoms with van der Waals surface area (Å²) in [5, 5.41) is 8.27. The molecule has 33 heavy (non-hydrogen) atoms. The quantitative estimate of drug-likeness (QED) is 0.250. The third-order valence-electron chi connectivity index (χ3n) is 4.59. The summed E-state index contributed by atoms with van der Waals surface area (Å²) in [5.74, 6) is 1.09. The molecule has 0 amide bonds. The molecule has 0 aliphatic carbocycles. The standard InChI is InChI=1S/C24H27N5O4/c1-17(28-32-4)20-14-8-12-19(25-20)13-9-15-33-29-23(18-10-6-5-7-11-18)24-26-21(30-2)16-22(27-24)31-3/h5-8,10-12,14,16H,9,13,15H2,1-4H3/b28-17+,29-23+. The molecule has 9 nitrogen and oxygen atoms in total. The number of oxime groups is 2. The Morgan fingerprint density at radius 2 is 1.58 bits per heavy atom. The first-order valence-corrected chi connectivity index (χ1v) is 10.4. The molecule has 0 fully saturated rings. The van der Waals surface area contributed by atoms with Crippen LogP contribution in [0.5, 0.6) is 11.8 Å². The van der Waals surface area contributed by atoms with Crippen LogP contribution in [0, 0.1) is 0 Å². The molecule has 0 saturated carbocycles. The van der Waals surface area contributed by atoms with Gasteiger partial charge in [-0.25, -0.2) is 0 Å². The molecule has 0 aliphatic heterocycles. The van der Waals surface area contributed by atoms with Crippen molar-refractivity contribution in [2.75, 3.05) is 27.9 Å². The summed E-state index contributed by atoms with van der Waals surface area (Å²) >= 11 is 0. The first kappa shape index (κ1) is 23.6. The Labute approximate surface area is 193 Å². The van der Waals surface area contributed by atoms with Crippen LogP contribution in [-0.2, 0) is 16.1 Å². The molecule has 2 aromatic heterocycles. The predicted octanol–water partition coefficient (Wildman–Crippen LogP) is 3.66. The van der Waals surface area contributed by atoms with Gasteiger partial charge in [-0.15, -0.1) is 0 Å². The molecule has 0 saturated heterocycles. The number of pyridine rings is 1. The van der Waals surface area contributed by atoms with E-state index in [4.69, 9.17) is 19.1 Å². The van der Waals surface area contributed by atoms with E-state index in [0.29, 0.717) is 29.9 Å². The van der Waals surface area contributed by atoms with E-state index in [1.807, 2.05) is 55.5 Å². The molecule has 3 aromatic rings. The number of methoxy groups -OCH3 is 2. The van der Waals surface area contributed by atoms with Crippen molar-refractivity contribution in [3.05, 3.63) is 77.4 Å². The van der Waals surface area contributed by atoms with Gasteiger partial charge in [-0.1, -0.05) is 46.7 Å². The Kier molecular flexibility index (Phi) is 8.70.